The van der Waals surface area contributed by atoms with Crippen molar-refractivity contribution >= 4 is 56.8 Å². The van der Waals surface area contributed by atoms with Crippen molar-refractivity contribution < 1.29 is 40.3 Å². The summed E-state index contributed by atoms with van der Waals surface area (Å²) >= 11 is 14.5. The Labute approximate surface area is 219 Å². The smallest absolute Gasteiger partial charge is 0.345 e. The van der Waals surface area contributed by atoms with Gasteiger partial charge in [0.05, 0.1) is 15.6 Å². The lowest BCUT2D eigenvalue weighted by molar-refractivity contribution is -0.139. The van der Waals surface area contributed by atoms with Crippen molar-refractivity contribution in [2.24, 2.45) is 0 Å². The molecule has 2 rings (SSSR count). The molecule has 2 N–H and O–H groups in total. The molecular formula is C22H16BrCl2F7N2O2. The summed E-state index contributed by atoms with van der Waals surface area (Å²) in [7, 11) is 0. The van der Waals surface area contributed by atoms with Crippen molar-refractivity contribution in [1.29, 1.82) is 0 Å². The van der Waals surface area contributed by atoms with Crippen LogP contribution in [-0.4, -0.2) is 36.8 Å². The van der Waals surface area contributed by atoms with Gasteiger partial charge in [0.1, 0.15) is 24.3 Å². The summed E-state index contributed by atoms with van der Waals surface area (Å²) in [5.74, 6) is -5.60. The van der Waals surface area contributed by atoms with Gasteiger partial charge in [-0.1, -0.05) is 35.3 Å². The second kappa shape index (κ2) is 11.8. The zero-order chi connectivity index (χ0) is 27.4. The summed E-state index contributed by atoms with van der Waals surface area (Å²) in [5.41, 5.74) is -0.789. The van der Waals surface area contributed by atoms with Gasteiger partial charge in [0.25, 0.3) is 5.91 Å². The maximum atomic E-state index is 14.8. The van der Waals surface area contributed by atoms with Crippen molar-refractivity contribution in [2.75, 3.05) is 6.54 Å². The van der Waals surface area contributed by atoms with E-state index in [1.165, 1.54) is 0 Å². The number of carbonyl (C=O) groups is 2. The molecule has 0 aliphatic carbocycles. The normalized spacial score (nSPS) is 14.2. The van der Waals surface area contributed by atoms with Crippen LogP contribution in [0.5, 0.6) is 0 Å². The first-order valence-corrected chi connectivity index (χ1v) is 11.4. The molecule has 14 heteroatoms. The molecule has 0 aliphatic rings. The Morgan fingerprint density at radius 2 is 1.67 bits per heavy atom. The number of allylic oxidation sites excluding steroid dienone is 1. The molecule has 4 nitrogen and oxygen atoms in total. The van der Waals surface area contributed by atoms with Crippen LogP contribution in [0.25, 0.3) is 5.83 Å². The molecule has 0 saturated carbocycles. The van der Waals surface area contributed by atoms with Crippen LogP contribution < -0.4 is 10.6 Å². The van der Waals surface area contributed by atoms with Gasteiger partial charge in [-0.3, -0.25) is 9.59 Å². The fourth-order valence-electron chi connectivity index (χ4n) is 2.86. The van der Waals surface area contributed by atoms with Crippen LogP contribution in [0.15, 0.2) is 46.9 Å². The van der Waals surface area contributed by atoms with E-state index in [2.05, 4.69) is 21.2 Å². The average Bonchev–Trinajstić information content (AvgIpc) is 2.76. The number of alkyl halides is 6. The molecule has 0 aromatic heterocycles. The molecular weight excluding hydrogens is 608 g/mol. The Hall–Kier alpha value is -2.31. The number of amides is 2. The number of hydrogen-bond donors (Lipinski definition) is 2. The van der Waals surface area contributed by atoms with Crippen LogP contribution in [0, 0.1) is 0 Å². The van der Waals surface area contributed by atoms with Gasteiger partial charge < -0.3 is 10.6 Å². The molecule has 2 unspecified atom stereocenters. The van der Waals surface area contributed by atoms with Gasteiger partial charge in [-0.15, -0.1) is 0 Å². The summed E-state index contributed by atoms with van der Waals surface area (Å²) in [6.07, 6.45) is -9.16. The van der Waals surface area contributed by atoms with E-state index < -0.39 is 48.5 Å². The monoisotopic (exact) mass is 622 g/mol. The second-order valence-corrected chi connectivity index (χ2v) is 9.10. The van der Waals surface area contributed by atoms with Gasteiger partial charge in [0, 0.05) is 10.0 Å². The summed E-state index contributed by atoms with van der Waals surface area (Å²) < 4.78 is 92.3. The van der Waals surface area contributed by atoms with Crippen molar-refractivity contribution in [2.45, 2.75) is 31.2 Å². The minimum Gasteiger partial charge on any atom is -0.345 e. The maximum absolute atomic E-state index is 14.8. The standard InChI is InChI=1S/C22H16BrCl2F7N2O2/c1-10(19(35)33-9-21(27,28)29)34-20(36)13-4-2-12(6-15(13)23)18(26)8-14(22(30,31)32)11-3-5-16(24)17(25)7-11/h2-8,10,14H,9H2,1H3,(H,33,35)(H,34,36)/b18-8-. The average molecular weight is 624 g/mol. The molecule has 0 radical (unpaired) electrons. The highest BCUT2D eigenvalue weighted by Gasteiger charge is 2.40. The highest BCUT2D eigenvalue weighted by atomic mass is 79.9. The molecule has 0 heterocycles. The van der Waals surface area contributed by atoms with Crippen molar-refractivity contribution in [3.8, 4) is 0 Å². The Morgan fingerprint density at radius 3 is 2.19 bits per heavy atom. The van der Waals surface area contributed by atoms with Crippen LogP contribution in [0.1, 0.15) is 34.3 Å². The van der Waals surface area contributed by atoms with E-state index in [9.17, 15) is 40.3 Å². The summed E-state index contributed by atoms with van der Waals surface area (Å²) in [6, 6.07) is 4.98. The molecule has 2 aromatic rings. The van der Waals surface area contributed by atoms with Gasteiger partial charge in [-0.2, -0.15) is 26.3 Å². The van der Waals surface area contributed by atoms with Gasteiger partial charge in [0.2, 0.25) is 5.91 Å². The SMILES string of the molecule is CC(NC(=O)c1ccc(/C(F)=C/C(c2ccc(Cl)c(Cl)c2)C(F)(F)F)cc1Br)C(=O)NCC(F)(F)F. The third-order valence-electron chi connectivity index (χ3n) is 4.66. The first-order chi connectivity index (χ1) is 16.5. The Balaban J connectivity index is 2.23. The van der Waals surface area contributed by atoms with E-state index in [4.69, 9.17) is 23.2 Å². The Bertz CT molecular complexity index is 1170. The van der Waals surface area contributed by atoms with Crippen molar-refractivity contribution in [3.05, 3.63) is 73.7 Å². The third-order valence-corrected chi connectivity index (χ3v) is 6.06. The highest BCUT2D eigenvalue weighted by Crippen LogP contribution is 2.40. The lowest BCUT2D eigenvalue weighted by atomic mass is 9.96. The van der Waals surface area contributed by atoms with Gasteiger partial charge >= 0.3 is 12.4 Å². The Morgan fingerprint density at radius 1 is 1.03 bits per heavy atom. The van der Waals surface area contributed by atoms with Crippen molar-refractivity contribution in [1.82, 2.24) is 10.6 Å². The second-order valence-electron chi connectivity index (χ2n) is 7.43. The lowest BCUT2D eigenvalue weighted by Crippen LogP contribution is -2.47. The molecule has 0 fully saturated rings. The molecule has 2 aromatic carbocycles. The molecule has 0 saturated heterocycles. The lowest BCUT2D eigenvalue weighted by Gasteiger charge is -2.18. The van der Waals surface area contributed by atoms with Crippen molar-refractivity contribution in [3.63, 3.8) is 0 Å². The van der Waals surface area contributed by atoms with Gasteiger partial charge in [0.15, 0.2) is 0 Å². The molecule has 2 amide bonds. The van der Waals surface area contributed by atoms with E-state index in [1.807, 2.05) is 0 Å². The van der Waals surface area contributed by atoms with Crippen LogP contribution >= 0.6 is 39.1 Å². The Kier molecular flexibility index (Phi) is 9.83. The third kappa shape index (κ3) is 8.38. The van der Waals surface area contributed by atoms with Crippen LogP contribution in [0.3, 0.4) is 0 Å². The number of carbonyl (C=O) groups excluding carboxylic acids is 2. The fraction of sp³-hybridized carbons (Fsp3) is 0.273. The summed E-state index contributed by atoms with van der Waals surface area (Å²) in [5, 5.41) is 3.67. The van der Waals surface area contributed by atoms with Gasteiger partial charge in [-0.25, -0.2) is 4.39 Å². The predicted molar refractivity (Wildman–Crippen MR) is 124 cm³/mol. The summed E-state index contributed by atoms with van der Waals surface area (Å²) in [6.45, 7) is -0.439. The van der Waals surface area contributed by atoms with E-state index in [0.29, 0.717) is 6.08 Å². The minimum absolute atomic E-state index is 0.0238. The van der Waals surface area contributed by atoms with E-state index >= 15 is 0 Å². The summed E-state index contributed by atoms with van der Waals surface area (Å²) in [4.78, 5) is 24.1. The maximum Gasteiger partial charge on any atom is 0.405 e. The molecule has 0 aliphatic heterocycles. The number of nitrogens with one attached hydrogen (secondary N) is 2. The molecule has 196 valence electrons. The molecule has 2 atom stereocenters. The van der Waals surface area contributed by atoms with E-state index in [1.54, 1.807) is 5.32 Å². The molecule has 36 heavy (non-hydrogen) atoms. The zero-order valence-electron chi connectivity index (χ0n) is 18.0. The molecule has 0 spiro atoms. The highest BCUT2D eigenvalue weighted by molar-refractivity contribution is 9.10. The number of rotatable bonds is 7. The van der Waals surface area contributed by atoms with Crippen LogP contribution in [0.4, 0.5) is 30.7 Å². The number of benzene rings is 2. The quantitative estimate of drug-likeness (QED) is 0.320. The first-order valence-electron chi connectivity index (χ1n) is 9.84. The van der Waals surface area contributed by atoms with E-state index in [0.717, 1.165) is 43.3 Å². The number of hydrogen-bond acceptors (Lipinski definition) is 2. The largest absolute Gasteiger partial charge is 0.405 e. The first kappa shape index (κ1) is 29.9. The topological polar surface area (TPSA) is 58.2 Å². The minimum atomic E-state index is -4.87. The fourth-order valence-corrected chi connectivity index (χ4v) is 3.72. The predicted octanol–water partition coefficient (Wildman–Crippen LogP) is 7.21. The zero-order valence-corrected chi connectivity index (χ0v) is 21.1. The number of halogens is 10. The molecule has 0 bridgehead atoms. The van der Waals surface area contributed by atoms with E-state index in [-0.39, 0.29) is 31.2 Å². The van der Waals surface area contributed by atoms with Crippen LogP contribution in [0.2, 0.25) is 10.0 Å². The van der Waals surface area contributed by atoms with Crippen LogP contribution in [-0.2, 0) is 4.79 Å². The van der Waals surface area contributed by atoms with Gasteiger partial charge in [-0.05, 0) is 58.8 Å².